The van der Waals surface area contributed by atoms with E-state index in [4.69, 9.17) is 5.73 Å². The van der Waals surface area contributed by atoms with Crippen molar-refractivity contribution in [2.75, 3.05) is 0 Å². The molecule has 0 aliphatic carbocycles. The molecule has 1 aliphatic heterocycles. The van der Waals surface area contributed by atoms with Crippen LogP contribution in [0, 0.1) is 13.8 Å². The third-order valence-electron chi connectivity index (χ3n) is 4.79. The minimum Gasteiger partial charge on any atom is -0.367 e. The van der Waals surface area contributed by atoms with Gasteiger partial charge in [-0.05, 0) is 42.7 Å². The number of nitrogens with two attached hydrogens (primary N) is 1. The van der Waals surface area contributed by atoms with E-state index in [-0.39, 0.29) is 5.91 Å². The summed E-state index contributed by atoms with van der Waals surface area (Å²) in [6.45, 7) is 4.59. The van der Waals surface area contributed by atoms with Gasteiger partial charge in [0.2, 0.25) is 0 Å². The van der Waals surface area contributed by atoms with Gasteiger partial charge in [0.1, 0.15) is 0 Å². The first-order valence-corrected chi connectivity index (χ1v) is 10.3. The molecule has 1 atom stereocenters. The molecule has 29 heavy (non-hydrogen) atoms. The highest BCUT2D eigenvalue weighted by molar-refractivity contribution is 8.09. The first-order chi connectivity index (χ1) is 14.0. The zero-order valence-corrected chi connectivity index (χ0v) is 17.2. The van der Waals surface area contributed by atoms with Crippen LogP contribution in [0.2, 0.25) is 0 Å². The van der Waals surface area contributed by atoms with Gasteiger partial charge in [0.05, 0.1) is 5.69 Å². The number of hydrogen-bond donors (Lipinski definition) is 1. The lowest BCUT2D eigenvalue weighted by Gasteiger charge is -2.22. The summed E-state index contributed by atoms with van der Waals surface area (Å²) in [5.74, 6) is -0.342. The Bertz CT molecular complexity index is 1080. The quantitative estimate of drug-likeness (QED) is 0.695. The molecular formula is C23H22N4OS. The largest absolute Gasteiger partial charge is 0.367 e. The van der Waals surface area contributed by atoms with Gasteiger partial charge in [-0.25, -0.2) is 0 Å². The number of rotatable bonds is 5. The van der Waals surface area contributed by atoms with Gasteiger partial charge < -0.3 is 10.6 Å². The molecule has 1 aliphatic rings. The highest BCUT2D eigenvalue weighted by Crippen LogP contribution is 2.40. The molecule has 6 heteroatoms. The zero-order chi connectivity index (χ0) is 20.4. The van der Waals surface area contributed by atoms with Gasteiger partial charge in [-0.2, -0.15) is 0 Å². The van der Waals surface area contributed by atoms with Gasteiger partial charge in [-0.15, -0.1) is 0 Å². The summed E-state index contributed by atoms with van der Waals surface area (Å²) in [7, 11) is 0. The number of aromatic nitrogens is 2. The third-order valence-corrected chi connectivity index (χ3v) is 6.12. The molecule has 3 heterocycles. The van der Waals surface area contributed by atoms with E-state index in [2.05, 4.69) is 23.0 Å². The minimum absolute atomic E-state index is 0.342. The number of benzene rings is 1. The average Bonchev–Trinajstić information content (AvgIpc) is 3.13. The molecular weight excluding hydrogens is 380 g/mol. The Morgan fingerprint density at radius 1 is 1.10 bits per heavy atom. The van der Waals surface area contributed by atoms with Crippen LogP contribution in [0.15, 0.2) is 67.1 Å². The lowest BCUT2D eigenvalue weighted by atomic mass is 10.1. The van der Waals surface area contributed by atoms with Crippen molar-refractivity contribution in [1.82, 2.24) is 14.9 Å². The molecule has 2 aromatic heterocycles. The summed E-state index contributed by atoms with van der Waals surface area (Å²) in [5, 5.41) is -0.423. The summed E-state index contributed by atoms with van der Waals surface area (Å²) in [6.07, 6.45) is 5.69. The van der Waals surface area contributed by atoms with Crippen LogP contribution in [0.5, 0.6) is 0 Å². The lowest BCUT2D eigenvalue weighted by molar-refractivity contribution is -0.119. The maximum Gasteiger partial charge on any atom is 0.251 e. The molecule has 0 saturated carbocycles. The Hall–Kier alpha value is -3.12. The first kappa shape index (κ1) is 19.2. The maximum atomic E-state index is 12.0. The van der Waals surface area contributed by atoms with E-state index in [1.807, 2.05) is 66.7 Å². The molecule has 3 aromatic rings. The molecule has 146 valence electrons. The van der Waals surface area contributed by atoms with E-state index in [1.54, 1.807) is 6.20 Å². The SMILES string of the molecule is Cc1cc(-c2ncc(CN3C=C(c4ccccc4)SC3C(N)=O)cc2C)ccn1. The molecule has 4 rings (SSSR count). The van der Waals surface area contributed by atoms with Crippen LogP contribution in [-0.2, 0) is 11.3 Å². The number of nitrogens with zero attached hydrogens (tertiary/aromatic N) is 3. The average molecular weight is 403 g/mol. The Balaban J connectivity index is 1.59. The van der Waals surface area contributed by atoms with E-state index < -0.39 is 5.37 Å². The predicted octanol–water partition coefficient (Wildman–Crippen LogP) is 4.12. The fraction of sp³-hybridized carbons (Fsp3) is 0.174. The van der Waals surface area contributed by atoms with E-state index >= 15 is 0 Å². The molecule has 0 saturated heterocycles. The summed E-state index contributed by atoms with van der Waals surface area (Å²) in [4.78, 5) is 24.0. The second kappa shape index (κ2) is 8.09. The normalized spacial score (nSPS) is 16.0. The Labute approximate surface area is 174 Å². The van der Waals surface area contributed by atoms with Crippen LogP contribution in [0.3, 0.4) is 0 Å². The monoisotopic (exact) mass is 402 g/mol. The van der Waals surface area contributed by atoms with Crippen molar-refractivity contribution < 1.29 is 4.79 Å². The van der Waals surface area contributed by atoms with Crippen molar-refractivity contribution in [3.05, 3.63) is 89.5 Å². The second-order valence-corrected chi connectivity index (χ2v) is 8.22. The smallest absolute Gasteiger partial charge is 0.251 e. The van der Waals surface area contributed by atoms with Gasteiger partial charge in [0.25, 0.3) is 5.91 Å². The van der Waals surface area contributed by atoms with Crippen molar-refractivity contribution in [2.24, 2.45) is 5.73 Å². The molecule has 0 fully saturated rings. The third kappa shape index (κ3) is 4.17. The number of pyridine rings is 2. The highest BCUT2D eigenvalue weighted by Gasteiger charge is 2.30. The van der Waals surface area contributed by atoms with E-state index in [9.17, 15) is 4.79 Å². The summed E-state index contributed by atoms with van der Waals surface area (Å²) in [5.41, 5.74) is 11.8. The molecule has 2 N–H and O–H groups in total. The Morgan fingerprint density at radius 2 is 1.90 bits per heavy atom. The van der Waals surface area contributed by atoms with Gasteiger partial charge >= 0.3 is 0 Å². The molecule has 0 bridgehead atoms. The van der Waals surface area contributed by atoms with E-state index in [0.29, 0.717) is 6.54 Å². The number of thioether (sulfide) groups is 1. The van der Waals surface area contributed by atoms with Crippen molar-refractivity contribution in [3.8, 4) is 11.3 Å². The number of primary amides is 1. The van der Waals surface area contributed by atoms with Gasteiger partial charge in [-0.3, -0.25) is 14.8 Å². The zero-order valence-electron chi connectivity index (χ0n) is 16.4. The number of hydrogen-bond acceptors (Lipinski definition) is 5. The van der Waals surface area contributed by atoms with Crippen molar-refractivity contribution in [1.29, 1.82) is 0 Å². The van der Waals surface area contributed by atoms with E-state index in [0.717, 1.165) is 38.5 Å². The van der Waals surface area contributed by atoms with Crippen LogP contribution in [0.4, 0.5) is 0 Å². The molecule has 5 nitrogen and oxygen atoms in total. The molecule has 0 radical (unpaired) electrons. The topological polar surface area (TPSA) is 72.1 Å². The van der Waals surface area contributed by atoms with Crippen molar-refractivity contribution >= 4 is 22.6 Å². The minimum atomic E-state index is -0.423. The highest BCUT2D eigenvalue weighted by atomic mass is 32.2. The van der Waals surface area contributed by atoms with Crippen molar-refractivity contribution in [3.63, 3.8) is 0 Å². The number of amides is 1. The molecule has 0 spiro atoms. The van der Waals surface area contributed by atoms with Crippen molar-refractivity contribution in [2.45, 2.75) is 25.8 Å². The second-order valence-electron chi connectivity index (χ2n) is 7.10. The molecule has 1 unspecified atom stereocenters. The molecule has 1 amide bonds. The molecule has 1 aromatic carbocycles. The van der Waals surface area contributed by atoms with Crippen LogP contribution in [0.1, 0.15) is 22.4 Å². The number of carbonyl (C=O) groups is 1. The fourth-order valence-corrected chi connectivity index (χ4v) is 4.55. The summed E-state index contributed by atoms with van der Waals surface area (Å²) >= 11 is 1.49. The van der Waals surface area contributed by atoms with Crippen LogP contribution in [-0.4, -0.2) is 26.1 Å². The standard InChI is InChI=1S/C23H22N4OS/c1-15-10-17(12-26-21(15)19-8-9-25-16(2)11-19)13-27-14-20(29-23(27)22(24)28)18-6-4-3-5-7-18/h3-12,14,23H,13H2,1-2H3,(H2,24,28). The predicted molar refractivity (Wildman–Crippen MR) is 117 cm³/mol. The lowest BCUT2D eigenvalue weighted by Crippen LogP contribution is -2.36. The summed E-state index contributed by atoms with van der Waals surface area (Å²) < 4.78 is 0. The summed E-state index contributed by atoms with van der Waals surface area (Å²) in [6, 6.07) is 16.2. The number of carbonyl (C=O) groups excluding carboxylic acids is 1. The van der Waals surface area contributed by atoms with Gasteiger partial charge in [0.15, 0.2) is 5.37 Å². The van der Waals surface area contributed by atoms with Crippen LogP contribution in [0.25, 0.3) is 16.2 Å². The van der Waals surface area contributed by atoms with Crippen LogP contribution < -0.4 is 5.73 Å². The van der Waals surface area contributed by atoms with E-state index in [1.165, 1.54) is 11.8 Å². The Morgan fingerprint density at radius 3 is 2.59 bits per heavy atom. The van der Waals surface area contributed by atoms with Gasteiger partial charge in [-0.1, -0.05) is 48.2 Å². The first-order valence-electron chi connectivity index (χ1n) is 9.39. The maximum absolute atomic E-state index is 12.0. The van der Waals surface area contributed by atoms with Gasteiger partial charge in [0, 0.05) is 41.3 Å². The Kier molecular flexibility index (Phi) is 5.36. The van der Waals surface area contributed by atoms with Crippen LogP contribution >= 0.6 is 11.8 Å². The fourth-order valence-electron chi connectivity index (χ4n) is 3.46. The number of aryl methyl sites for hydroxylation is 2.